The van der Waals surface area contributed by atoms with E-state index in [0.29, 0.717) is 24.9 Å². The molecule has 31 heavy (non-hydrogen) atoms. The zero-order valence-corrected chi connectivity index (χ0v) is 17.6. The number of rotatable bonds is 10. The summed E-state index contributed by atoms with van der Waals surface area (Å²) in [6, 6.07) is 6.90. The molecule has 0 saturated carbocycles. The summed E-state index contributed by atoms with van der Waals surface area (Å²) in [5.74, 6) is -3.85. The van der Waals surface area contributed by atoms with Crippen molar-refractivity contribution in [2.75, 3.05) is 20.1 Å². The average Bonchev–Trinajstić information content (AvgIpc) is 3.11. The van der Waals surface area contributed by atoms with Gasteiger partial charge in [0.2, 0.25) is 11.7 Å². The summed E-state index contributed by atoms with van der Waals surface area (Å²) in [5.41, 5.74) is 0.527. The zero-order chi connectivity index (χ0) is 23.0. The molecule has 10 nitrogen and oxygen atoms in total. The number of nitrogens with one attached hydrogen (secondary N) is 3. The number of nitrogens with zero attached hydrogens (tertiary/aromatic N) is 1. The predicted molar refractivity (Wildman–Crippen MR) is 111 cm³/mol. The van der Waals surface area contributed by atoms with Gasteiger partial charge in [0.25, 0.3) is 11.8 Å². The molecule has 1 fully saturated rings. The second kappa shape index (κ2) is 11.2. The van der Waals surface area contributed by atoms with Crippen molar-refractivity contribution >= 4 is 29.5 Å². The summed E-state index contributed by atoms with van der Waals surface area (Å²) in [6.45, 7) is 1.59. The van der Waals surface area contributed by atoms with E-state index in [1.54, 1.807) is 43.1 Å². The molecular weight excluding hydrogens is 404 g/mol. The number of hydrogen-bond donors (Lipinski definition) is 4. The molecule has 1 aromatic carbocycles. The van der Waals surface area contributed by atoms with Crippen LogP contribution in [-0.4, -0.2) is 77.7 Å². The topological polar surface area (TPSA) is 145 Å². The van der Waals surface area contributed by atoms with Crippen molar-refractivity contribution in [3.63, 3.8) is 0 Å². The van der Waals surface area contributed by atoms with Gasteiger partial charge in [-0.05, 0) is 32.0 Å². The summed E-state index contributed by atoms with van der Waals surface area (Å²) < 4.78 is 0. The number of amides is 3. The van der Waals surface area contributed by atoms with E-state index in [-0.39, 0.29) is 18.4 Å². The van der Waals surface area contributed by atoms with Crippen LogP contribution in [0.4, 0.5) is 0 Å². The number of benzene rings is 1. The highest BCUT2D eigenvalue weighted by atomic mass is 16.4. The molecular formula is C21H28N4O6. The number of Topliss-reactive ketones (excluding diaryl/α,β-unsaturated/α-hetero) is 1. The molecule has 0 aliphatic carbocycles. The first kappa shape index (κ1) is 24.0. The van der Waals surface area contributed by atoms with E-state index in [1.807, 2.05) is 11.4 Å². The van der Waals surface area contributed by atoms with Crippen LogP contribution >= 0.6 is 0 Å². The van der Waals surface area contributed by atoms with Crippen LogP contribution in [-0.2, 0) is 19.2 Å². The highest BCUT2D eigenvalue weighted by Crippen LogP contribution is 2.17. The predicted octanol–water partition coefficient (Wildman–Crippen LogP) is -0.456. The summed E-state index contributed by atoms with van der Waals surface area (Å²) in [5, 5.41) is 16.2. The summed E-state index contributed by atoms with van der Waals surface area (Å²) in [6.07, 6.45) is 1.15. The Hall–Kier alpha value is -3.27. The van der Waals surface area contributed by atoms with Gasteiger partial charge in [-0.1, -0.05) is 31.5 Å². The van der Waals surface area contributed by atoms with Crippen molar-refractivity contribution < 1.29 is 29.1 Å². The fourth-order valence-corrected chi connectivity index (χ4v) is 3.50. The Labute approximate surface area is 180 Å². The SMILES string of the molecule is CCCC(NC(=O)[C@@H]1C[C@@H](NC(=O)c2ccccc2)CN1C)C(=O)C(=O)NCC(=O)O. The standard InChI is InChI=1S/C21H28N4O6/c1-3-7-15(18(28)21(31)22-11-17(26)27)24-20(30)16-10-14(12-25(16)2)23-19(29)13-8-5-4-6-9-13/h4-6,8-9,14-16H,3,7,10-12H2,1-2H3,(H,22,31)(H,23,29)(H,24,30)(H,26,27)/t14-,15?,16+/m1/s1. The fourth-order valence-electron chi connectivity index (χ4n) is 3.50. The molecule has 1 saturated heterocycles. The van der Waals surface area contributed by atoms with Gasteiger partial charge in [-0.3, -0.25) is 28.9 Å². The van der Waals surface area contributed by atoms with Crippen LogP contribution < -0.4 is 16.0 Å². The molecule has 0 spiro atoms. The zero-order valence-electron chi connectivity index (χ0n) is 17.6. The monoisotopic (exact) mass is 432 g/mol. The van der Waals surface area contributed by atoms with Crippen LogP contribution in [0.2, 0.25) is 0 Å². The third-order valence-electron chi connectivity index (χ3n) is 5.06. The maximum atomic E-state index is 12.8. The minimum Gasteiger partial charge on any atom is -0.480 e. The molecule has 168 valence electrons. The summed E-state index contributed by atoms with van der Waals surface area (Å²) >= 11 is 0. The van der Waals surface area contributed by atoms with Gasteiger partial charge in [-0.15, -0.1) is 0 Å². The van der Waals surface area contributed by atoms with Crippen LogP contribution in [0.5, 0.6) is 0 Å². The Kier molecular flexibility index (Phi) is 8.68. The van der Waals surface area contributed by atoms with Gasteiger partial charge >= 0.3 is 5.97 Å². The molecule has 1 aliphatic heterocycles. The number of likely N-dealkylation sites (tertiary alicyclic amines) is 1. The van der Waals surface area contributed by atoms with E-state index in [9.17, 15) is 24.0 Å². The highest BCUT2D eigenvalue weighted by Gasteiger charge is 2.37. The van der Waals surface area contributed by atoms with Crippen LogP contribution in [0.15, 0.2) is 30.3 Å². The molecule has 1 aliphatic rings. The number of ketones is 1. The quantitative estimate of drug-likeness (QED) is 0.366. The number of carbonyl (C=O) groups is 5. The van der Waals surface area contributed by atoms with Gasteiger partial charge in [0.15, 0.2) is 0 Å². The van der Waals surface area contributed by atoms with Crippen LogP contribution in [0.25, 0.3) is 0 Å². The number of likely N-dealkylation sites (N-methyl/N-ethyl adjacent to an activating group) is 1. The minimum absolute atomic E-state index is 0.228. The average molecular weight is 432 g/mol. The van der Waals surface area contributed by atoms with Crippen LogP contribution in [0, 0.1) is 0 Å². The third kappa shape index (κ3) is 6.88. The van der Waals surface area contributed by atoms with Gasteiger partial charge in [-0.25, -0.2) is 0 Å². The van der Waals surface area contributed by atoms with Crippen molar-refractivity contribution in [2.45, 2.75) is 44.3 Å². The Morgan fingerprint density at radius 2 is 1.84 bits per heavy atom. The Morgan fingerprint density at radius 3 is 2.45 bits per heavy atom. The maximum Gasteiger partial charge on any atom is 0.322 e. The first-order chi connectivity index (χ1) is 14.7. The first-order valence-corrected chi connectivity index (χ1v) is 10.1. The summed E-state index contributed by atoms with van der Waals surface area (Å²) in [4.78, 5) is 61.8. The van der Waals surface area contributed by atoms with E-state index in [1.165, 1.54) is 0 Å². The minimum atomic E-state index is -1.27. The number of aliphatic carboxylic acids is 1. The largest absolute Gasteiger partial charge is 0.480 e. The third-order valence-corrected chi connectivity index (χ3v) is 5.06. The van der Waals surface area contributed by atoms with E-state index in [0.717, 1.165) is 0 Å². The first-order valence-electron chi connectivity index (χ1n) is 10.1. The second-order valence-corrected chi connectivity index (χ2v) is 7.52. The molecule has 3 amide bonds. The van der Waals surface area contributed by atoms with Crippen molar-refractivity contribution in [3.05, 3.63) is 35.9 Å². The molecule has 0 bridgehead atoms. The van der Waals surface area contributed by atoms with Crippen molar-refractivity contribution in [2.24, 2.45) is 0 Å². The van der Waals surface area contributed by atoms with Gasteiger partial charge in [0.05, 0.1) is 12.1 Å². The van der Waals surface area contributed by atoms with Gasteiger partial charge in [0.1, 0.15) is 6.54 Å². The molecule has 3 atom stereocenters. The fraction of sp³-hybridized carbons (Fsp3) is 0.476. The van der Waals surface area contributed by atoms with Crippen LogP contribution in [0.1, 0.15) is 36.5 Å². The molecule has 4 N–H and O–H groups in total. The Balaban J connectivity index is 1.95. The van der Waals surface area contributed by atoms with Crippen LogP contribution in [0.3, 0.4) is 0 Å². The molecule has 1 aromatic rings. The van der Waals surface area contributed by atoms with E-state index in [4.69, 9.17) is 5.11 Å². The lowest BCUT2D eigenvalue weighted by Crippen LogP contribution is -2.52. The second-order valence-electron chi connectivity index (χ2n) is 7.52. The molecule has 2 rings (SSSR count). The smallest absolute Gasteiger partial charge is 0.322 e. The van der Waals surface area contributed by atoms with E-state index >= 15 is 0 Å². The van der Waals surface area contributed by atoms with E-state index in [2.05, 4.69) is 10.6 Å². The van der Waals surface area contributed by atoms with Gasteiger partial charge < -0.3 is 21.1 Å². The number of carbonyl (C=O) groups excluding carboxylic acids is 4. The highest BCUT2D eigenvalue weighted by molar-refractivity contribution is 6.38. The van der Waals surface area contributed by atoms with Gasteiger partial charge in [0, 0.05) is 18.2 Å². The van der Waals surface area contributed by atoms with Gasteiger partial charge in [-0.2, -0.15) is 0 Å². The Bertz CT molecular complexity index is 828. The number of carboxylic acid groups (broad SMARTS) is 1. The summed E-state index contributed by atoms with van der Waals surface area (Å²) in [7, 11) is 1.75. The normalized spacial score (nSPS) is 19.3. The number of carboxylic acids is 1. The van der Waals surface area contributed by atoms with Crippen molar-refractivity contribution in [1.82, 2.24) is 20.9 Å². The molecule has 1 unspecified atom stereocenters. The lowest BCUT2D eigenvalue weighted by Gasteiger charge is -2.22. The number of hydrogen-bond acceptors (Lipinski definition) is 6. The molecule has 1 heterocycles. The van der Waals surface area contributed by atoms with Crippen molar-refractivity contribution in [3.8, 4) is 0 Å². The Morgan fingerprint density at radius 1 is 1.16 bits per heavy atom. The van der Waals surface area contributed by atoms with Crippen molar-refractivity contribution in [1.29, 1.82) is 0 Å². The lowest BCUT2D eigenvalue weighted by atomic mass is 10.0. The molecule has 10 heteroatoms. The molecule has 0 radical (unpaired) electrons. The van der Waals surface area contributed by atoms with E-state index < -0.39 is 42.2 Å². The lowest BCUT2D eigenvalue weighted by molar-refractivity contribution is -0.143. The maximum absolute atomic E-state index is 12.8. The molecule has 0 aromatic heterocycles.